The van der Waals surface area contributed by atoms with E-state index in [4.69, 9.17) is 19.8 Å². The summed E-state index contributed by atoms with van der Waals surface area (Å²) < 4.78 is 11.5. The van der Waals surface area contributed by atoms with E-state index in [1.54, 1.807) is 12.1 Å². The minimum Gasteiger partial charge on any atom is -0.490 e. The lowest BCUT2D eigenvalue weighted by Crippen LogP contribution is -2.26. The second kappa shape index (κ2) is 9.94. The number of rotatable bonds is 8. The minimum atomic E-state index is -1.06. The molecule has 0 aliphatic carbocycles. The number of halogens is 1. The maximum atomic E-state index is 11.7. The number of carbonyl (C=O) groups excluding carboxylic acids is 1. The van der Waals surface area contributed by atoms with Gasteiger partial charge < -0.3 is 19.9 Å². The Bertz CT molecular complexity index is 837. The van der Waals surface area contributed by atoms with Gasteiger partial charge in [-0.1, -0.05) is 11.8 Å². The van der Waals surface area contributed by atoms with Gasteiger partial charge in [-0.3, -0.25) is 9.59 Å². The maximum Gasteiger partial charge on any atom is 0.305 e. The number of hydrogen-bond acceptors (Lipinski definition) is 8. The zero-order chi connectivity index (χ0) is 19.8. The van der Waals surface area contributed by atoms with Crippen LogP contribution in [0.1, 0.15) is 18.9 Å². The molecule has 0 bridgehead atoms. The fourth-order valence-corrected chi connectivity index (χ4v) is 3.37. The van der Waals surface area contributed by atoms with Crippen molar-refractivity contribution < 1.29 is 24.2 Å². The van der Waals surface area contributed by atoms with Crippen molar-refractivity contribution in [3.05, 3.63) is 22.2 Å². The van der Waals surface area contributed by atoms with Crippen molar-refractivity contribution in [2.24, 2.45) is 10.2 Å². The quantitative estimate of drug-likeness (QED) is 0.453. The molecule has 1 aromatic carbocycles. The first kappa shape index (κ1) is 20.7. The SMILES string of the molecule is CCOc1cc(C=NN=C2NC(=O)C(CC(=O)O)S2)c(Br)cc1OCC#N. The number of carboxylic acids is 1. The highest BCUT2D eigenvalue weighted by atomic mass is 79.9. The standard InChI is InChI=1S/C16H15BrN4O5S/c1-2-25-11-5-9(10(17)6-12(11)26-4-3-18)8-19-21-16-20-15(24)13(27-16)7-14(22)23/h5-6,8,13H,2,4,7H2,1H3,(H,22,23)(H,20,21,24). The molecule has 1 atom stereocenters. The van der Waals surface area contributed by atoms with Crippen LogP contribution in [0.4, 0.5) is 0 Å². The second-order valence-electron chi connectivity index (χ2n) is 5.04. The molecule has 142 valence electrons. The molecule has 11 heteroatoms. The Morgan fingerprint density at radius 1 is 1.48 bits per heavy atom. The van der Waals surface area contributed by atoms with Gasteiger partial charge in [-0.25, -0.2) is 0 Å². The Morgan fingerprint density at radius 2 is 2.22 bits per heavy atom. The third kappa shape index (κ3) is 5.97. The Morgan fingerprint density at radius 3 is 2.89 bits per heavy atom. The molecular weight excluding hydrogens is 440 g/mol. The largest absolute Gasteiger partial charge is 0.490 e. The van der Waals surface area contributed by atoms with E-state index >= 15 is 0 Å². The average Bonchev–Trinajstić information content (AvgIpc) is 2.95. The maximum absolute atomic E-state index is 11.7. The first-order chi connectivity index (χ1) is 12.9. The molecule has 1 heterocycles. The minimum absolute atomic E-state index is 0.109. The van der Waals surface area contributed by atoms with Gasteiger partial charge in [0.2, 0.25) is 5.91 Å². The molecule has 2 rings (SSSR count). The van der Waals surface area contributed by atoms with Gasteiger partial charge in [-0.05, 0) is 35.0 Å². The number of nitrogens with zero attached hydrogens (tertiary/aromatic N) is 3. The van der Waals surface area contributed by atoms with Crippen molar-refractivity contribution in [1.82, 2.24) is 5.32 Å². The number of thioether (sulfide) groups is 1. The van der Waals surface area contributed by atoms with Gasteiger partial charge in [0.05, 0.1) is 19.2 Å². The van der Waals surface area contributed by atoms with Gasteiger partial charge in [0.15, 0.2) is 23.3 Å². The van der Waals surface area contributed by atoms with E-state index in [-0.39, 0.29) is 18.2 Å². The number of nitriles is 1. The van der Waals surface area contributed by atoms with E-state index in [2.05, 4.69) is 31.4 Å². The number of carboxylic acid groups (broad SMARTS) is 1. The summed E-state index contributed by atoms with van der Waals surface area (Å²) in [5.74, 6) is -0.590. The summed E-state index contributed by atoms with van der Waals surface area (Å²) >= 11 is 4.40. The molecule has 27 heavy (non-hydrogen) atoms. The lowest BCUT2D eigenvalue weighted by atomic mass is 10.2. The predicted molar refractivity (Wildman–Crippen MR) is 103 cm³/mol. The van der Waals surface area contributed by atoms with Crippen LogP contribution in [0.2, 0.25) is 0 Å². The van der Waals surface area contributed by atoms with Crippen LogP contribution >= 0.6 is 27.7 Å². The molecule has 1 aliphatic rings. The third-order valence-electron chi connectivity index (χ3n) is 3.14. The lowest BCUT2D eigenvalue weighted by Gasteiger charge is -2.11. The average molecular weight is 455 g/mol. The van der Waals surface area contributed by atoms with Crippen molar-refractivity contribution in [3.63, 3.8) is 0 Å². The van der Waals surface area contributed by atoms with Crippen LogP contribution < -0.4 is 14.8 Å². The zero-order valence-corrected chi connectivity index (χ0v) is 16.5. The highest BCUT2D eigenvalue weighted by Gasteiger charge is 2.32. The Hall–Kier alpha value is -2.58. The highest BCUT2D eigenvalue weighted by Crippen LogP contribution is 2.33. The fraction of sp³-hybridized carbons (Fsp3) is 0.312. The summed E-state index contributed by atoms with van der Waals surface area (Å²) in [6, 6.07) is 5.23. The molecule has 0 spiro atoms. The van der Waals surface area contributed by atoms with Crippen LogP contribution in [0.15, 0.2) is 26.8 Å². The summed E-state index contributed by atoms with van der Waals surface area (Å²) in [4.78, 5) is 22.4. The number of amides is 1. The summed E-state index contributed by atoms with van der Waals surface area (Å²) in [5.41, 5.74) is 0.642. The molecule has 0 saturated carbocycles. The molecule has 1 fully saturated rings. The Labute approximate surface area is 167 Å². The van der Waals surface area contributed by atoms with Crippen LogP contribution in [0.3, 0.4) is 0 Å². The zero-order valence-electron chi connectivity index (χ0n) is 14.1. The topological polar surface area (TPSA) is 133 Å². The van der Waals surface area contributed by atoms with Crippen molar-refractivity contribution in [1.29, 1.82) is 5.26 Å². The first-order valence-electron chi connectivity index (χ1n) is 7.71. The third-order valence-corrected chi connectivity index (χ3v) is 4.90. The Balaban J connectivity index is 2.14. The van der Waals surface area contributed by atoms with Gasteiger partial charge in [-0.15, -0.1) is 5.10 Å². The van der Waals surface area contributed by atoms with Crippen LogP contribution in [-0.2, 0) is 9.59 Å². The summed E-state index contributed by atoms with van der Waals surface area (Å²) in [6.07, 6.45) is 1.16. The number of hydrogen-bond donors (Lipinski definition) is 2. The predicted octanol–water partition coefficient (Wildman–Crippen LogP) is 2.15. The van der Waals surface area contributed by atoms with Crippen LogP contribution in [0.25, 0.3) is 0 Å². The molecule has 2 N–H and O–H groups in total. The number of nitrogens with one attached hydrogen (secondary N) is 1. The van der Waals surface area contributed by atoms with Crippen molar-refractivity contribution in [2.45, 2.75) is 18.6 Å². The first-order valence-corrected chi connectivity index (χ1v) is 9.38. The fourth-order valence-electron chi connectivity index (χ4n) is 2.03. The van der Waals surface area contributed by atoms with Crippen LogP contribution in [-0.4, -0.2) is 46.8 Å². The van der Waals surface area contributed by atoms with Crippen molar-refractivity contribution >= 4 is 51.0 Å². The van der Waals surface area contributed by atoms with E-state index in [0.29, 0.717) is 28.1 Å². The number of aliphatic carboxylic acids is 1. The molecule has 1 unspecified atom stereocenters. The van der Waals surface area contributed by atoms with Crippen molar-refractivity contribution in [2.75, 3.05) is 13.2 Å². The highest BCUT2D eigenvalue weighted by molar-refractivity contribution is 9.10. The number of benzene rings is 1. The summed E-state index contributed by atoms with van der Waals surface area (Å²) in [7, 11) is 0. The molecular formula is C16H15BrN4O5S. The van der Waals surface area contributed by atoms with Crippen LogP contribution in [0, 0.1) is 11.3 Å². The smallest absolute Gasteiger partial charge is 0.305 e. The van der Waals surface area contributed by atoms with Gasteiger partial charge in [0, 0.05) is 10.0 Å². The summed E-state index contributed by atoms with van der Waals surface area (Å²) in [6.45, 7) is 2.13. The van der Waals surface area contributed by atoms with Gasteiger partial charge in [0.25, 0.3) is 0 Å². The van der Waals surface area contributed by atoms with Gasteiger partial charge in [0.1, 0.15) is 11.3 Å². The second-order valence-corrected chi connectivity index (χ2v) is 7.09. The lowest BCUT2D eigenvalue weighted by molar-refractivity contribution is -0.138. The normalized spacial score (nSPS) is 17.7. The molecule has 1 amide bonds. The molecule has 1 aliphatic heterocycles. The molecule has 9 nitrogen and oxygen atoms in total. The van der Waals surface area contributed by atoms with E-state index in [1.807, 2.05) is 13.0 Å². The number of carbonyl (C=O) groups is 2. The molecule has 1 aromatic rings. The molecule has 1 saturated heterocycles. The molecule has 0 radical (unpaired) electrons. The van der Waals surface area contributed by atoms with Crippen molar-refractivity contribution in [3.8, 4) is 17.6 Å². The van der Waals surface area contributed by atoms with Gasteiger partial charge in [-0.2, -0.15) is 10.4 Å². The number of ether oxygens (including phenoxy) is 2. The van der Waals surface area contributed by atoms with E-state index in [0.717, 1.165) is 11.8 Å². The van der Waals surface area contributed by atoms with E-state index in [1.165, 1.54) is 6.21 Å². The van der Waals surface area contributed by atoms with Crippen LogP contribution in [0.5, 0.6) is 11.5 Å². The summed E-state index contributed by atoms with van der Waals surface area (Å²) in [5, 5.41) is 27.3. The molecule has 0 aromatic heterocycles. The van der Waals surface area contributed by atoms with E-state index in [9.17, 15) is 9.59 Å². The van der Waals surface area contributed by atoms with Gasteiger partial charge >= 0.3 is 5.97 Å². The Kier molecular flexibility index (Phi) is 7.63. The van der Waals surface area contributed by atoms with E-state index < -0.39 is 17.1 Å². The number of amidine groups is 1. The monoisotopic (exact) mass is 454 g/mol.